The lowest BCUT2D eigenvalue weighted by Gasteiger charge is -2.24. The van der Waals surface area contributed by atoms with Crippen molar-refractivity contribution in [2.45, 2.75) is 38.3 Å². The highest BCUT2D eigenvalue weighted by Gasteiger charge is 2.76. The van der Waals surface area contributed by atoms with Crippen LogP contribution in [0.3, 0.4) is 0 Å². The number of hydrogen-bond donors (Lipinski definition) is 1. The van der Waals surface area contributed by atoms with Crippen LogP contribution in [-0.4, -0.2) is 30.2 Å². The lowest BCUT2D eigenvalue weighted by Crippen LogP contribution is -2.43. The highest BCUT2D eigenvalue weighted by Crippen LogP contribution is 2.57. The molecule has 2 atom stereocenters. The van der Waals surface area contributed by atoms with Gasteiger partial charge in [-0.2, -0.15) is 0 Å². The molecule has 5 heteroatoms. The molecule has 0 saturated heterocycles. The third kappa shape index (κ3) is 2.07. The average Bonchev–Trinajstić information content (AvgIpc) is 2.84. The van der Waals surface area contributed by atoms with Gasteiger partial charge in [-0.3, -0.25) is 9.59 Å². The minimum Gasteiger partial charge on any atom is -0.468 e. The fourth-order valence-electron chi connectivity index (χ4n) is 1.79. The predicted octanol–water partition coefficient (Wildman–Crippen LogP) is 0.775. The standard InChI is InChI=1S/C12H19NO4/c1-6-11(13)7-12(11,8(14)16-5)9(15)17-10(2,3)4/h6H,1,7,13H2,2-5H3. The summed E-state index contributed by atoms with van der Waals surface area (Å²) in [7, 11) is 1.22. The molecule has 0 aromatic rings. The Kier molecular flexibility index (Phi) is 3.09. The van der Waals surface area contributed by atoms with E-state index in [1.54, 1.807) is 20.8 Å². The molecule has 0 bridgehead atoms. The number of carbonyl (C=O) groups excluding carboxylic acids is 2. The van der Waals surface area contributed by atoms with Crippen molar-refractivity contribution in [1.82, 2.24) is 0 Å². The maximum atomic E-state index is 12.1. The van der Waals surface area contributed by atoms with Gasteiger partial charge in [0, 0.05) is 0 Å². The number of carbonyl (C=O) groups is 2. The highest BCUT2D eigenvalue weighted by molar-refractivity contribution is 6.06. The van der Waals surface area contributed by atoms with Gasteiger partial charge in [0.15, 0.2) is 5.41 Å². The van der Waals surface area contributed by atoms with Gasteiger partial charge in [0.1, 0.15) is 5.60 Å². The fraction of sp³-hybridized carbons (Fsp3) is 0.667. The van der Waals surface area contributed by atoms with Crippen LogP contribution in [-0.2, 0) is 19.1 Å². The summed E-state index contributed by atoms with van der Waals surface area (Å²) in [5.41, 5.74) is 2.72. The molecule has 2 unspecified atom stereocenters. The van der Waals surface area contributed by atoms with Crippen molar-refractivity contribution in [2.75, 3.05) is 7.11 Å². The zero-order valence-corrected chi connectivity index (χ0v) is 10.7. The Balaban J connectivity index is 3.01. The molecule has 1 aliphatic rings. The second-order valence-electron chi connectivity index (χ2n) is 5.32. The van der Waals surface area contributed by atoms with Crippen molar-refractivity contribution in [3.8, 4) is 0 Å². The van der Waals surface area contributed by atoms with Crippen LogP contribution >= 0.6 is 0 Å². The summed E-state index contributed by atoms with van der Waals surface area (Å²) in [6.07, 6.45) is 1.57. The van der Waals surface area contributed by atoms with Crippen molar-refractivity contribution in [3.05, 3.63) is 12.7 Å². The summed E-state index contributed by atoms with van der Waals surface area (Å²) in [5, 5.41) is 0. The Bertz CT molecular complexity index is 371. The summed E-state index contributed by atoms with van der Waals surface area (Å²) >= 11 is 0. The maximum absolute atomic E-state index is 12.1. The van der Waals surface area contributed by atoms with Crippen molar-refractivity contribution in [1.29, 1.82) is 0 Å². The Morgan fingerprint density at radius 2 is 1.88 bits per heavy atom. The van der Waals surface area contributed by atoms with Gasteiger partial charge in [0.05, 0.1) is 12.6 Å². The van der Waals surface area contributed by atoms with Crippen LogP contribution in [0.5, 0.6) is 0 Å². The van der Waals surface area contributed by atoms with Gasteiger partial charge in [-0.1, -0.05) is 6.08 Å². The van der Waals surface area contributed by atoms with Crippen LogP contribution in [0.4, 0.5) is 0 Å². The van der Waals surface area contributed by atoms with Crippen LogP contribution in [0, 0.1) is 5.41 Å². The zero-order chi connectivity index (χ0) is 13.5. The molecule has 96 valence electrons. The van der Waals surface area contributed by atoms with Crippen LogP contribution in [0.1, 0.15) is 27.2 Å². The van der Waals surface area contributed by atoms with Gasteiger partial charge in [0.2, 0.25) is 0 Å². The highest BCUT2D eigenvalue weighted by atomic mass is 16.6. The first-order valence-corrected chi connectivity index (χ1v) is 5.37. The molecule has 1 rings (SSSR count). The molecule has 0 aromatic heterocycles. The van der Waals surface area contributed by atoms with E-state index in [9.17, 15) is 9.59 Å². The SMILES string of the molecule is C=CC1(N)CC1(C(=O)OC)C(=O)OC(C)(C)C. The number of rotatable bonds is 3. The summed E-state index contributed by atoms with van der Waals surface area (Å²) in [4.78, 5) is 23.8. The minimum atomic E-state index is -1.43. The van der Waals surface area contributed by atoms with Crippen LogP contribution < -0.4 is 5.73 Å². The van der Waals surface area contributed by atoms with E-state index >= 15 is 0 Å². The first kappa shape index (κ1) is 13.7. The first-order chi connectivity index (χ1) is 7.63. The molecular formula is C12H19NO4. The first-order valence-electron chi connectivity index (χ1n) is 5.37. The molecular weight excluding hydrogens is 222 g/mol. The molecule has 0 aromatic carbocycles. The quantitative estimate of drug-likeness (QED) is 0.448. The van der Waals surface area contributed by atoms with E-state index in [1.165, 1.54) is 13.2 Å². The van der Waals surface area contributed by atoms with Gasteiger partial charge in [-0.15, -0.1) is 6.58 Å². The lowest BCUT2D eigenvalue weighted by atomic mass is 9.99. The van der Waals surface area contributed by atoms with E-state index in [1.807, 2.05) is 0 Å². The van der Waals surface area contributed by atoms with E-state index in [0.717, 1.165) is 0 Å². The second-order valence-corrected chi connectivity index (χ2v) is 5.32. The zero-order valence-electron chi connectivity index (χ0n) is 10.7. The van der Waals surface area contributed by atoms with Gasteiger partial charge in [-0.05, 0) is 27.2 Å². The summed E-state index contributed by atoms with van der Waals surface area (Å²) in [6.45, 7) is 8.72. The largest absolute Gasteiger partial charge is 0.468 e. The van der Waals surface area contributed by atoms with Crippen molar-refractivity contribution < 1.29 is 19.1 Å². The number of methoxy groups -OCH3 is 1. The number of esters is 2. The van der Waals surface area contributed by atoms with Crippen molar-refractivity contribution >= 4 is 11.9 Å². The van der Waals surface area contributed by atoms with E-state index in [-0.39, 0.29) is 6.42 Å². The van der Waals surface area contributed by atoms with Gasteiger partial charge in [0.25, 0.3) is 0 Å². The molecule has 1 saturated carbocycles. The molecule has 2 N–H and O–H groups in total. The summed E-state index contributed by atoms with van der Waals surface area (Å²) < 4.78 is 9.86. The van der Waals surface area contributed by atoms with Gasteiger partial charge < -0.3 is 15.2 Å². The monoisotopic (exact) mass is 241 g/mol. The number of ether oxygens (including phenoxy) is 2. The summed E-state index contributed by atoms with van der Waals surface area (Å²) in [5.74, 6) is -1.33. The molecule has 1 aliphatic carbocycles. The van der Waals surface area contributed by atoms with E-state index in [0.29, 0.717) is 0 Å². The van der Waals surface area contributed by atoms with E-state index in [2.05, 4.69) is 11.3 Å². The van der Waals surface area contributed by atoms with Gasteiger partial charge in [-0.25, -0.2) is 0 Å². The number of hydrogen-bond acceptors (Lipinski definition) is 5. The second kappa shape index (κ2) is 3.84. The molecule has 0 spiro atoms. The maximum Gasteiger partial charge on any atom is 0.326 e. The van der Waals surface area contributed by atoms with Crippen molar-refractivity contribution in [3.63, 3.8) is 0 Å². The Hall–Kier alpha value is -1.36. The molecule has 5 nitrogen and oxygen atoms in total. The van der Waals surface area contributed by atoms with E-state index < -0.39 is 28.5 Å². The Morgan fingerprint density at radius 1 is 1.35 bits per heavy atom. The molecule has 17 heavy (non-hydrogen) atoms. The molecule has 0 amide bonds. The number of nitrogens with two attached hydrogens (primary N) is 1. The third-order valence-electron chi connectivity index (χ3n) is 2.87. The molecule has 0 radical (unpaired) electrons. The minimum absolute atomic E-state index is 0.172. The summed E-state index contributed by atoms with van der Waals surface area (Å²) in [6, 6.07) is 0. The Morgan fingerprint density at radius 3 is 2.18 bits per heavy atom. The smallest absolute Gasteiger partial charge is 0.326 e. The van der Waals surface area contributed by atoms with Crippen molar-refractivity contribution in [2.24, 2.45) is 11.1 Å². The average molecular weight is 241 g/mol. The van der Waals surface area contributed by atoms with Crippen LogP contribution in [0.15, 0.2) is 12.7 Å². The fourth-order valence-corrected chi connectivity index (χ4v) is 1.79. The molecule has 0 aliphatic heterocycles. The Labute approximate surface area is 101 Å². The normalized spacial score (nSPS) is 31.6. The third-order valence-corrected chi connectivity index (χ3v) is 2.87. The topological polar surface area (TPSA) is 78.6 Å². The van der Waals surface area contributed by atoms with Gasteiger partial charge >= 0.3 is 11.9 Å². The predicted molar refractivity (Wildman–Crippen MR) is 62.0 cm³/mol. The molecule has 1 fully saturated rings. The van der Waals surface area contributed by atoms with E-state index in [4.69, 9.17) is 10.5 Å². The lowest BCUT2D eigenvalue weighted by molar-refractivity contribution is -0.171. The molecule has 0 heterocycles. The van der Waals surface area contributed by atoms with Crippen LogP contribution in [0.25, 0.3) is 0 Å². The van der Waals surface area contributed by atoms with Crippen LogP contribution in [0.2, 0.25) is 0 Å².